The summed E-state index contributed by atoms with van der Waals surface area (Å²) in [7, 11) is 0. The average molecular weight is 258 g/mol. The molecule has 0 radical (unpaired) electrons. The van der Waals surface area contributed by atoms with Crippen LogP contribution in [-0.4, -0.2) is 27.3 Å². The van der Waals surface area contributed by atoms with Gasteiger partial charge in [-0.25, -0.2) is 4.68 Å². The van der Waals surface area contributed by atoms with Crippen LogP contribution in [-0.2, 0) is 4.79 Å². The van der Waals surface area contributed by atoms with Gasteiger partial charge in [-0.1, -0.05) is 18.2 Å². The summed E-state index contributed by atoms with van der Waals surface area (Å²) >= 11 is 0. The molecule has 2 heterocycles. The van der Waals surface area contributed by atoms with Gasteiger partial charge in [0.2, 0.25) is 11.9 Å². The van der Waals surface area contributed by atoms with Gasteiger partial charge in [0.1, 0.15) is 12.1 Å². The maximum atomic E-state index is 11.7. The number of carbonyl (C=O) groups is 1. The zero-order valence-corrected chi connectivity index (χ0v) is 10.5. The van der Waals surface area contributed by atoms with Gasteiger partial charge < -0.3 is 4.74 Å². The van der Waals surface area contributed by atoms with Crippen molar-refractivity contribution in [3.8, 4) is 5.75 Å². The van der Waals surface area contributed by atoms with Crippen LogP contribution >= 0.6 is 0 Å². The van der Waals surface area contributed by atoms with Crippen molar-refractivity contribution in [2.24, 2.45) is 0 Å². The fraction of sp³-hybridized carbons (Fsp3) is 0.308. The second-order valence-corrected chi connectivity index (χ2v) is 4.27. The third-order valence-electron chi connectivity index (χ3n) is 3.08. The number of nitrogens with zero attached hydrogens (tertiary/aromatic N) is 3. The lowest BCUT2D eigenvalue weighted by Gasteiger charge is -2.25. The number of para-hydroxylation sites is 1. The molecule has 0 saturated heterocycles. The first-order valence-corrected chi connectivity index (χ1v) is 6.20. The minimum Gasteiger partial charge on any atom is -0.494 e. The number of benzene rings is 1. The number of nitrogens with one attached hydrogen (secondary N) is 1. The van der Waals surface area contributed by atoms with E-state index in [-0.39, 0.29) is 11.9 Å². The van der Waals surface area contributed by atoms with E-state index in [1.54, 1.807) is 4.68 Å². The van der Waals surface area contributed by atoms with Crippen LogP contribution in [0, 0.1) is 0 Å². The molecule has 6 heteroatoms. The lowest BCUT2D eigenvalue weighted by Crippen LogP contribution is -2.29. The third kappa shape index (κ3) is 2.05. The number of amides is 1. The maximum Gasteiger partial charge on any atom is 0.229 e. The summed E-state index contributed by atoms with van der Waals surface area (Å²) in [5.74, 6) is 1.20. The Morgan fingerprint density at radius 1 is 1.47 bits per heavy atom. The van der Waals surface area contributed by atoms with E-state index in [1.165, 1.54) is 6.33 Å². The average Bonchev–Trinajstić information content (AvgIpc) is 2.87. The van der Waals surface area contributed by atoms with Crippen LogP contribution in [0.3, 0.4) is 0 Å². The van der Waals surface area contributed by atoms with Crippen LogP contribution < -0.4 is 10.1 Å². The molecule has 0 unspecified atom stereocenters. The molecule has 1 amide bonds. The number of anilines is 1. The van der Waals surface area contributed by atoms with E-state index in [2.05, 4.69) is 15.4 Å². The maximum absolute atomic E-state index is 11.7. The lowest BCUT2D eigenvalue weighted by molar-refractivity contribution is -0.117. The van der Waals surface area contributed by atoms with Crippen molar-refractivity contribution in [1.82, 2.24) is 14.8 Å². The monoisotopic (exact) mass is 258 g/mol. The molecular formula is C13H14N4O2. The first-order valence-electron chi connectivity index (χ1n) is 6.20. The van der Waals surface area contributed by atoms with Gasteiger partial charge in [0, 0.05) is 5.56 Å². The molecule has 0 spiro atoms. The van der Waals surface area contributed by atoms with E-state index in [4.69, 9.17) is 4.74 Å². The molecule has 0 aliphatic carbocycles. The highest BCUT2D eigenvalue weighted by molar-refractivity contribution is 5.91. The van der Waals surface area contributed by atoms with E-state index < -0.39 is 0 Å². The van der Waals surface area contributed by atoms with Crippen molar-refractivity contribution in [2.45, 2.75) is 19.4 Å². The Morgan fingerprint density at radius 2 is 2.32 bits per heavy atom. The fourth-order valence-electron chi connectivity index (χ4n) is 2.29. The second-order valence-electron chi connectivity index (χ2n) is 4.27. The van der Waals surface area contributed by atoms with Crippen molar-refractivity contribution in [2.75, 3.05) is 11.9 Å². The van der Waals surface area contributed by atoms with Crippen molar-refractivity contribution in [3.05, 3.63) is 36.2 Å². The number of hydrogen-bond acceptors (Lipinski definition) is 4. The van der Waals surface area contributed by atoms with Crippen molar-refractivity contribution in [1.29, 1.82) is 0 Å². The van der Waals surface area contributed by atoms with E-state index in [0.717, 1.165) is 11.3 Å². The highest BCUT2D eigenvalue weighted by atomic mass is 16.5. The summed E-state index contributed by atoms with van der Waals surface area (Å²) < 4.78 is 7.35. The Bertz CT molecular complexity index is 608. The highest BCUT2D eigenvalue weighted by Crippen LogP contribution is 2.33. The Hall–Kier alpha value is -2.37. The van der Waals surface area contributed by atoms with Gasteiger partial charge in [-0.05, 0) is 13.0 Å². The van der Waals surface area contributed by atoms with Gasteiger partial charge >= 0.3 is 0 Å². The summed E-state index contributed by atoms with van der Waals surface area (Å²) in [5, 5.41) is 6.89. The van der Waals surface area contributed by atoms with Crippen LogP contribution in [0.5, 0.6) is 5.75 Å². The van der Waals surface area contributed by atoms with Gasteiger partial charge in [0.15, 0.2) is 0 Å². The minimum absolute atomic E-state index is 0.0585. The zero-order valence-electron chi connectivity index (χ0n) is 10.5. The van der Waals surface area contributed by atoms with Gasteiger partial charge in [-0.15, -0.1) is 0 Å². The number of hydrogen-bond donors (Lipinski definition) is 1. The molecule has 19 heavy (non-hydrogen) atoms. The van der Waals surface area contributed by atoms with Gasteiger partial charge in [-0.3, -0.25) is 10.1 Å². The molecule has 1 aliphatic heterocycles. The summed E-state index contributed by atoms with van der Waals surface area (Å²) in [6.45, 7) is 2.52. The molecule has 6 nitrogen and oxygen atoms in total. The molecule has 1 atom stereocenters. The molecule has 0 fully saturated rings. The Morgan fingerprint density at radius 3 is 3.16 bits per heavy atom. The zero-order chi connectivity index (χ0) is 13.2. The van der Waals surface area contributed by atoms with Crippen LogP contribution in [0.1, 0.15) is 24.9 Å². The van der Waals surface area contributed by atoms with Gasteiger partial charge in [0.25, 0.3) is 0 Å². The van der Waals surface area contributed by atoms with E-state index in [9.17, 15) is 4.79 Å². The predicted molar refractivity (Wildman–Crippen MR) is 69.0 cm³/mol. The second kappa shape index (κ2) is 4.72. The Labute approximate surface area is 110 Å². The molecule has 98 valence electrons. The molecule has 1 aromatic heterocycles. The first kappa shape index (κ1) is 11.7. The predicted octanol–water partition coefficient (Wildman–Crippen LogP) is 1.61. The van der Waals surface area contributed by atoms with Crippen molar-refractivity contribution < 1.29 is 9.53 Å². The molecule has 1 N–H and O–H groups in total. The number of aromatic nitrogens is 3. The number of carbonyl (C=O) groups excluding carboxylic acids is 1. The van der Waals surface area contributed by atoms with Crippen LogP contribution in [0.25, 0.3) is 0 Å². The molecular weight excluding hydrogens is 244 g/mol. The van der Waals surface area contributed by atoms with Crippen molar-refractivity contribution >= 4 is 11.9 Å². The SMILES string of the molecule is CCOc1ccccc1[C@H]1CC(=O)Nc2ncnn21. The highest BCUT2D eigenvalue weighted by Gasteiger charge is 2.29. The van der Waals surface area contributed by atoms with E-state index in [1.807, 2.05) is 31.2 Å². The van der Waals surface area contributed by atoms with Gasteiger partial charge in [0.05, 0.1) is 19.1 Å². The quantitative estimate of drug-likeness (QED) is 0.908. The topological polar surface area (TPSA) is 69.0 Å². The Kier molecular flexibility index (Phi) is 2.91. The molecule has 0 saturated carbocycles. The molecule has 3 rings (SSSR count). The lowest BCUT2D eigenvalue weighted by atomic mass is 10.0. The number of rotatable bonds is 3. The largest absolute Gasteiger partial charge is 0.494 e. The minimum atomic E-state index is -0.172. The van der Waals surface area contributed by atoms with E-state index in [0.29, 0.717) is 19.0 Å². The molecule has 1 aromatic carbocycles. The Balaban J connectivity index is 2.06. The third-order valence-corrected chi connectivity index (χ3v) is 3.08. The van der Waals surface area contributed by atoms with Crippen LogP contribution in [0.15, 0.2) is 30.6 Å². The summed E-state index contributed by atoms with van der Waals surface area (Å²) in [5.41, 5.74) is 0.950. The first-order chi connectivity index (χ1) is 9.29. The molecule has 2 aromatic rings. The van der Waals surface area contributed by atoms with Crippen LogP contribution in [0.4, 0.5) is 5.95 Å². The van der Waals surface area contributed by atoms with Gasteiger partial charge in [-0.2, -0.15) is 10.1 Å². The van der Waals surface area contributed by atoms with Crippen LogP contribution in [0.2, 0.25) is 0 Å². The number of fused-ring (bicyclic) bond motifs is 1. The summed E-state index contributed by atoms with van der Waals surface area (Å²) in [6.07, 6.45) is 1.78. The number of ether oxygens (including phenoxy) is 1. The molecule has 0 bridgehead atoms. The standard InChI is InChI=1S/C13H14N4O2/c1-2-19-11-6-4-3-5-9(11)10-7-12(18)16-13-14-8-15-17(10)13/h3-6,8,10H,2,7H2,1H3,(H,14,15,16,18)/t10-/m1/s1. The van der Waals surface area contributed by atoms with E-state index >= 15 is 0 Å². The molecule has 1 aliphatic rings. The summed E-state index contributed by atoms with van der Waals surface area (Å²) in [4.78, 5) is 15.8. The van der Waals surface area contributed by atoms with Crippen molar-refractivity contribution in [3.63, 3.8) is 0 Å². The fourth-order valence-corrected chi connectivity index (χ4v) is 2.29. The summed E-state index contributed by atoms with van der Waals surface area (Å²) in [6, 6.07) is 7.54. The smallest absolute Gasteiger partial charge is 0.229 e. The normalized spacial score (nSPS) is 17.7.